The smallest absolute Gasteiger partial charge is 0.270 e. The van der Waals surface area contributed by atoms with Gasteiger partial charge in [-0.15, -0.1) is 0 Å². The van der Waals surface area contributed by atoms with E-state index in [-0.39, 0.29) is 35.5 Å². The highest BCUT2D eigenvalue weighted by Crippen LogP contribution is 2.30. The predicted octanol–water partition coefficient (Wildman–Crippen LogP) is 4.12. The highest BCUT2D eigenvalue weighted by atomic mass is 32.2. The number of benzene rings is 3. The fourth-order valence-electron chi connectivity index (χ4n) is 4.25. The fraction of sp³-hybridized carbons (Fsp3) is 0.292. The van der Waals surface area contributed by atoms with E-state index in [9.17, 15) is 23.3 Å². The first kappa shape index (κ1) is 22.9. The van der Waals surface area contributed by atoms with Crippen molar-refractivity contribution in [2.45, 2.75) is 24.7 Å². The Morgan fingerprint density at radius 3 is 2.36 bits per heavy atom. The second-order valence-corrected chi connectivity index (χ2v) is 10.2. The molecule has 1 heterocycles. The van der Waals surface area contributed by atoms with Gasteiger partial charge in [0.1, 0.15) is 0 Å². The van der Waals surface area contributed by atoms with Crippen LogP contribution in [0.4, 0.5) is 11.4 Å². The normalized spacial score (nSPS) is 15.5. The molecule has 4 rings (SSSR count). The highest BCUT2D eigenvalue weighted by molar-refractivity contribution is 7.89. The molecule has 1 aliphatic rings. The van der Waals surface area contributed by atoms with E-state index in [1.165, 1.54) is 16.4 Å². The number of piperidine rings is 1. The molecule has 172 valence electrons. The largest absolute Gasteiger partial charge is 0.315 e. The van der Waals surface area contributed by atoms with Gasteiger partial charge in [0.05, 0.1) is 9.82 Å². The Balaban J connectivity index is 1.47. The van der Waals surface area contributed by atoms with E-state index in [0.717, 1.165) is 22.5 Å². The molecule has 9 heteroatoms. The molecule has 1 fully saturated rings. The molecule has 1 amide bonds. The highest BCUT2D eigenvalue weighted by Gasteiger charge is 2.34. The number of amides is 1. The molecule has 0 spiro atoms. The third-order valence-corrected chi connectivity index (χ3v) is 8.30. The number of non-ortho nitro benzene ring substituents is 1. The van der Waals surface area contributed by atoms with Gasteiger partial charge in [-0.25, -0.2) is 8.42 Å². The summed E-state index contributed by atoms with van der Waals surface area (Å²) in [6, 6.07) is 17.6. The van der Waals surface area contributed by atoms with Crippen molar-refractivity contribution in [3.8, 4) is 0 Å². The summed E-state index contributed by atoms with van der Waals surface area (Å²) in [5.41, 5.74) is 0.983. The zero-order chi connectivity index (χ0) is 23.8. The number of carbonyl (C=O) groups excluding carboxylic acids is 1. The van der Waals surface area contributed by atoms with E-state index in [4.69, 9.17) is 0 Å². The number of hydrogen-bond donors (Lipinski definition) is 0. The lowest BCUT2D eigenvalue weighted by Gasteiger charge is -2.32. The monoisotopic (exact) mass is 467 g/mol. The SMILES string of the molecule is Cc1ccc([N+](=O)[O-])cc1S(=O)(=O)N1CCC(C(=O)N(C)c2ccc3ccccc3c2)CC1. The maximum Gasteiger partial charge on any atom is 0.270 e. The molecule has 1 aliphatic heterocycles. The van der Waals surface area contributed by atoms with Crippen LogP contribution in [0.2, 0.25) is 0 Å². The van der Waals surface area contributed by atoms with Gasteiger partial charge in [-0.3, -0.25) is 14.9 Å². The molecule has 0 saturated carbocycles. The average molecular weight is 468 g/mol. The van der Waals surface area contributed by atoms with Crippen LogP contribution >= 0.6 is 0 Å². The summed E-state index contributed by atoms with van der Waals surface area (Å²) < 4.78 is 27.6. The van der Waals surface area contributed by atoms with Gasteiger partial charge in [-0.2, -0.15) is 4.31 Å². The second-order valence-electron chi connectivity index (χ2n) is 8.31. The second kappa shape index (κ2) is 8.92. The van der Waals surface area contributed by atoms with E-state index >= 15 is 0 Å². The van der Waals surface area contributed by atoms with Gasteiger partial charge in [0.15, 0.2) is 0 Å². The van der Waals surface area contributed by atoms with E-state index < -0.39 is 14.9 Å². The van der Waals surface area contributed by atoms with Crippen LogP contribution in [0.15, 0.2) is 65.6 Å². The van der Waals surface area contributed by atoms with E-state index in [0.29, 0.717) is 18.4 Å². The van der Waals surface area contributed by atoms with Crippen molar-refractivity contribution < 1.29 is 18.1 Å². The number of nitrogens with zero attached hydrogens (tertiary/aromatic N) is 3. The van der Waals surface area contributed by atoms with Crippen molar-refractivity contribution in [3.63, 3.8) is 0 Å². The lowest BCUT2D eigenvalue weighted by atomic mass is 9.96. The van der Waals surface area contributed by atoms with Gasteiger partial charge in [-0.05, 0) is 48.2 Å². The van der Waals surface area contributed by atoms with Crippen molar-refractivity contribution in [2.75, 3.05) is 25.0 Å². The summed E-state index contributed by atoms with van der Waals surface area (Å²) in [6.07, 6.45) is 0.786. The number of aryl methyl sites for hydroxylation is 1. The first-order valence-electron chi connectivity index (χ1n) is 10.7. The standard InChI is InChI=1S/C24H25N3O5S/c1-17-7-9-22(27(29)30)16-23(17)33(31,32)26-13-11-19(12-14-26)24(28)25(2)21-10-8-18-5-3-4-6-20(18)15-21/h3-10,15-16,19H,11-14H2,1-2H3. The quantitative estimate of drug-likeness (QED) is 0.415. The lowest BCUT2D eigenvalue weighted by molar-refractivity contribution is -0.385. The molecule has 0 atom stereocenters. The van der Waals surface area contributed by atoms with Crippen molar-refractivity contribution in [1.82, 2.24) is 4.31 Å². The molecule has 0 radical (unpaired) electrons. The van der Waals surface area contributed by atoms with E-state index in [2.05, 4.69) is 0 Å². The van der Waals surface area contributed by atoms with Crippen molar-refractivity contribution >= 4 is 38.1 Å². The third kappa shape index (κ3) is 4.46. The Morgan fingerprint density at radius 1 is 1.03 bits per heavy atom. The molecule has 8 nitrogen and oxygen atoms in total. The molecule has 3 aromatic carbocycles. The summed E-state index contributed by atoms with van der Waals surface area (Å²) in [5.74, 6) is -0.340. The van der Waals surface area contributed by atoms with Gasteiger partial charge in [0, 0.05) is 43.9 Å². The van der Waals surface area contributed by atoms with Gasteiger partial charge >= 0.3 is 0 Å². The van der Waals surface area contributed by atoms with Crippen LogP contribution in [0, 0.1) is 23.0 Å². The van der Waals surface area contributed by atoms with Crippen molar-refractivity contribution in [2.24, 2.45) is 5.92 Å². The number of hydrogen-bond acceptors (Lipinski definition) is 5. The summed E-state index contributed by atoms with van der Waals surface area (Å²) >= 11 is 0. The minimum Gasteiger partial charge on any atom is -0.315 e. The Morgan fingerprint density at radius 2 is 1.70 bits per heavy atom. The zero-order valence-electron chi connectivity index (χ0n) is 18.5. The molecule has 0 N–H and O–H groups in total. The predicted molar refractivity (Wildman–Crippen MR) is 127 cm³/mol. The summed E-state index contributed by atoms with van der Waals surface area (Å²) in [4.78, 5) is 25.2. The molecule has 33 heavy (non-hydrogen) atoms. The topological polar surface area (TPSA) is 101 Å². The number of fused-ring (bicyclic) bond motifs is 1. The molecule has 3 aromatic rings. The minimum absolute atomic E-state index is 0.0474. The molecular weight excluding hydrogens is 442 g/mol. The fourth-order valence-corrected chi connectivity index (χ4v) is 5.96. The number of sulfonamides is 1. The van der Waals surface area contributed by atoms with Gasteiger partial charge in [0.25, 0.3) is 5.69 Å². The third-order valence-electron chi connectivity index (χ3n) is 6.25. The maximum atomic E-state index is 13.1. The number of carbonyl (C=O) groups is 1. The van der Waals surface area contributed by atoms with Gasteiger partial charge in [0.2, 0.25) is 15.9 Å². The number of anilines is 1. The molecule has 0 aromatic heterocycles. The van der Waals surface area contributed by atoms with Crippen LogP contribution in [-0.2, 0) is 14.8 Å². The number of nitro groups is 1. The molecule has 1 saturated heterocycles. The van der Waals surface area contributed by atoms with Gasteiger partial charge < -0.3 is 4.90 Å². The Hall–Kier alpha value is -3.30. The van der Waals surface area contributed by atoms with Crippen LogP contribution in [0.25, 0.3) is 10.8 Å². The summed E-state index contributed by atoms with van der Waals surface area (Å²) in [5, 5.41) is 13.2. The van der Waals surface area contributed by atoms with Crippen LogP contribution < -0.4 is 4.90 Å². The number of rotatable bonds is 5. The lowest BCUT2D eigenvalue weighted by Crippen LogP contribution is -2.43. The Labute approximate surface area is 192 Å². The first-order chi connectivity index (χ1) is 15.7. The molecular formula is C24H25N3O5S. The van der Waals surface area contributed by atoms with Crippen molar-refractivity contribution in [1.29, 1.82) is 0 Å². The van der Waals surface area contributed by atoms with E-state index in [1.807, 2.05) is 42.5 Å². The molecule has 0 bridgehead atoms. The minimum atomic E-state index is -3.89. The van der Waals surface area contributed by atoms with Crippen LogP contribution in [0.1, 0.15) is 18.4 Å². The zero-order valence-corrected chi connectivity index (χ0v) is 19.3. The number of nitro benzene ring substituents is 1. The van der Waals surface area contributed by atoms with Crippen LogP contribution in [-0.4, -0.2) is 43.7 Å². The first-order valence-corrected chi connectivity index (χ1v) is 12.1. The Kier molecular flexibility index (Phi) is 6.18. The van der Waals surface area contributed by atoms with Crippen LogP contribution in [0.3, 0.4) is 0 Å². The molecule has 0 unspecified atom stereocenters. The van der Waals surface area contributed by atoms with Crippen molar-refractivity contribution in [3.05, 3.63) is 76.3 Å². The molecule has 0 aliphatic carbocycles. The summed E-state index contributed by atoms with van der Waals surface area (Å²) in [6.45, 7) is 1.99. The van der Waals surface area contributed by atoms with Crippen LogP contribution in [0.5, 0.6) is 0 Å². The van der Waals surface area contributed by atoms with Gasteiger partial charge in [-0.1, -0.05) is 36.4 Å². The Bertz CT molecular complexity index is 1330. The average Bonchev–Trinajstić information content (AvgIpc) is 2.82. The maximum absolute atomic E-state index is 13.1. The van der Waals surface area contributed by atoms with E-state index in [1.54, 1.807) is 18.9 Å². The summed E-state index contributed by atoms with van der Waals surface area (Å²) in [7, 11) is -2.15.